The number of nitrogens with one attached hydrogen (secondary N) is 2. The highest BCUT2D eigenvalue weighted by atomic mass is 16.5. The van der Waals surface area contributed by atoms with Crippen LogP contribution in [-0.2, 0) is 18.0 Å². The van der Waals surface area contributed by atoms with E-state index in [0.29, 0.717) is 24.3 Å². The van der Waals surface area contributed by atoms with Gasteiger partial charge in [0.15, 0.2) is 0 Å². The van der Waals surface area contributed by atoms with Gasteiger partial charge < -0.3 is 16.2 Å². The first-order valence-electron chi connectivity index (χ1n) is 10.7. The highest BCUT2D eigenvalue weighted by molar-refractivity contribution is 5.96. The molecule has 33 heavy (non-hydrogen) atoms. The summed E-state index contributed by atoms with van der Waals surface area (Å²) < 4.78 is 6.15. The van der Waals surface area contributed by atoms with Crippen LogP contribution in [0.5, 0.6) is 0 Å². The van der Waals surface area contributed by atoms with Gasteiger partial charge in [0.2, 0.25) is 0 Å². The van der Waals surface area contributed by atoms with Gasteiger partial charge in [-0.15, -0.1) is 0 Å². The Morgan fingerprint density at radius 3 is 1.42 bits per heavy atom. The molecule has 5 nitrogen and oxygen atoms in total. The Labute approximate surface area is 193 Å². The Morgan fingerprint density at radius 1 is 0.576 bits per heavy atom. The second kappa shape index (κ2) is 9.94. The monoisotopic (exact) mass is 434 g/mol. The number of hydrogen-bond acceptors (Lipinski definition) is 3. The molecule has 0 radical (unpaired) electrons. The van der Waals surface area contributed by atoms with Gasteiger partial charge in [-0.25, -0.2) is 0 Å². The number of rotatable bonds is 8. The Kier molecular flexibility index (Phi) is 6.62. The molecule has 0 atom stereocenters. The lowest BCUT2D eigenvalue weighted by molar-refractivity contribution is 0.108. The van der Waals surface area contributed by atoms with Crippen LogP contribution in [0.3, 0.4) is 0 Å². The third kappa shape index (κ3) is 5.17. The second-order valence-corrected chi connectivity index (χ2v) is 7.80. The van der Waals surface area contributed by atoms with E-state index in [0.717, 1.165) is 33.4 Å². The van der Waals surface area contributed by atoms with Gasteiger partial charge in [0, 0.05) is 11.1 Å². The zero-order valence-corrected chi connectivity index (χ0v) is 18.2. The summed E-state index contributed by atoms with van der Waals surface area (Å²) in [5.41, 5.74) is 19.0. The van der Waals surface area contributed by atoms with Crippen molar-refractivity contribution >= 4 is 11.7 Å². The summed E-state index contributed by atoms with van der Waals surface area (Å²) in [6.45, 7) is 0.893. The number of ether oxygens (including phenoxy) is 1. The molecular formula is C28H26N4O. The van der Waals surface area contributed by atoms with Crippen molar-refractivity contribution in [2.45, 2.75) is 13.2 Å². The zero-order valence-electron chi connectivity index (χ0n) is 18.2. The first-order chi connectivity index (χ1) is 16.0. The maximum atomic E-state index is 7.72. The molecule has 0 saturated carbocycles. The maximum Gasteiger partial charge on any atom is 0.122 e. The summed E-state index contributed by atoms with van der Waals surface area (Å²) in [6.07, 6.45) is 0. The van der Waals surface area contributed by atoms with Crippen molar-refractivity contribution in [3.8, 4) is 22.3 Å². The van der Waals surface area contributed by atoms with E-state index in [1.807, 2.05) is 72.8 Å². The molecule has 0 spiro atoms. The van der Waals surface area contributed by atoms with Crippen molar-refractivity contribution in [1.29, 1.82) is 10.8 Å². The number of nitrogen functional groups attached to an aromatic ring is 2. The van der Waals surface area contributed by atoms with Gasteiger partial charge in [-0.05, 0) is 45.5 Å². The van der Waals surface area contributed by atoms with Gasteiger partial charge in [0.25, 0.3) is 0 Å². The lowest BCUT2D eigenvalue weighted by atomic mass is 9.97. The summed E-state index contributed by atoms with van der Waals surface area (Å²) in [4.78, 5) is 0. The minimum absolute atomic E-state index is 0.0519. The molecule has 0 heterocycles. The van der Waals surface area contributed by atoms with E-state index in [2.05, 4.69) is 24.3 Å². The fourth-order valence-corrected chi connectivity index (χ4v) is 3.84. The number of benzene rings is 4. The van der Waals surface area contributed by atoms with Crippen LogP contribution in [-0.4, -0.2) is 11.7 Å². The van der Waals surface area contributed by atoms with Gasteiger partial charge in [-0.2, -0.15) is 0 Å². The van der Waals surface area contributed by atoms with Crippen LogP contribution in [0.4, 0.5) is 0 Å². The quantitative estimate of drug-likeness (QED) is 0.223. The molecule has 0 unspecified atom stereocenters. The van der Waals surface area contributed by atoms with Gasteiger partial charge >= 0.3 is 0 Å². The molecule has 0 amide bonds. The van der Waals surface area contributed by atoms with Gasteiger partial charge in [0.1, 0.15) is 11.7 Å². The molecule has 0 saturated heterocycles. The van der Waals surface area contributed by atoms with Crippen molar-refractivity contribution in [1.82, 2.24) is 0 Å². The maximum absolute atomic E-state index is 7.72. The number of hydrogen-bond donors (Lipinski definition) is 4. The molecule has 0 aliphatic carbocycles. The fraction of sp³-hybridized carbons (Fsp3) is 0.0714. The van der Waals surface area contributed by atoms with Crippen LogP contribution in [0, 0.1) is 10.8 Å². The minimum Gasteiger partial charge on any atom is -0.384 e. The summed E-state index contributed by atoms with van der Waals surface area (Å²) in [5, 5.41) is 15.4. The molecule has 0 aromatic heterocycles. The van der Waals surface area contributed by atoms with Crippen LogP contribution >= 0.6 is 0 Å². The van der Waals surface area contributed by atoms with Crippen molar-refractivity contribution in [2.75, 3.05) is 0 Å². The van der Waals surface area contributed by atoms with Crippen molar-refractivity contribution in [2.24, 2.45) is 11.5 Å². The average molecular weight is 435 g/mol. The predicted molar refractivity (Wildman–Crippen MR) is 134 cm³/mol. The van der Waals surface area contributed by atoms with E-state index >= 15 is 0 Å². The van der Waals surface area contributed by atoms with E-state index in [1.165, 1.54) is 0 Å². The summed E-state index contributed by atoms with van der Waals surface area (Å²) in [5.74, 6) is 0.104. The van der Waals surface area contributed by atoms with Gasteiger partial charge in [-0.1, -0.05) is 84.9 Å². The summed E-state index contributed by atoms with van der Waals surface area (Å²) >= 11 is 0. The van der Waals surface area contributed by atoms with Crippen molar-refractivity contribution in [3.63, 3.8) is 0 Å². The molecule has 4 aromatic carbocycles. The zero-order chi connectivity index (χ0) is 23.2. The molecule has 6 N–H and O–H groups in total. The molecule has 4 aromatic rings. The Bertz CT molecular complexity index is 1210. The topological polar surface area (TPSA) is 109 Å². The second-order valence-electron chi connectivity index (χ2n) is 7.80. The largest absolute Gasteiger partial charge is 0.384 e. The summed E-state index contributed by atoms with van der Waals surface area (Å²) in [7, 11) is 0. The molecule has 0 fully saturated rings. The average Bonchev–Trinajstić information content (AvgIpc) is 2.85. The minimum atomic E-state index is 0.0519. The molecular weight excluding hydrogens is 408 g/mol. The van der Waals surface area contributed by atoms with E-state index in [9.17, 15) is 0 Å². The highest BCUT2D eigenvalue weighted by Gasteiger charge is 2.09. The lowest BCUT2D eigenvalue weighted by Crippen LogP contribution is -2.10. The molecule has 0 bridgehead atoms. The normalized spacial score (nSPS) is 10.7. The summed E-state index contributed by atoms with van der Waals surface area (Å²) in [6, 6.07) is 31.6. The lowest BCUT2D eigenvalue weighted by Gasteiger charge is -2.14. The highest BCUT2D eigenvalue weighted by Crippen LogP contribution is 2.28. The Morgan fingerprint density at radius 2 is 1.00 bits per heavy atom. The van der Waals surface area contributed by atoms with Gasteiger partial charge in [0.05, 0.1) is 13.2 Å². The smallest absolute Gasteiger partial charge is 0.122 e. The first kappa shape index (κ1) is 22.0. The fourth-order valence-electron chi connectivity index (χ4n) is 3.84. The molecule has 4 rings (SSSR count). The number of amidine groups is 2. The molecule has 5 heteroatoms. The number of nitrogens with two attached hydrogens (primary N) is 2. The predicted octanol–water partition coefficient (Wildman–Crippen LogP) is 5.31. The van der Waals surface area contributed by atoms with Gasteiger partial charge in [-0.3, -0.25) is 10.8 Å². The first-order valence-corrected chi connectivity index (χ1v) is 10.7. The third-order valence-electron chi connectivity index (χ3n) is 5.52. The SMILES string of the molecule is N=C(N)c1cccc(-c2ccccc2COCc2ccccc2-c2cccc(C(=N)N)c2)c1. The van der Waals surface area contributed by atoms with Crippen LogP contribution in [0.25, 0.3) is 22.3 Å². The van der Waals surface area contributed by atoms with E-state index < -0.39 is 0 Å². The van der Waals surface area contributed by atoms with Crippen molar-refractivity contribution in [3.05, 3.63) is 119 Å². The van der Waals surface area contributed by atoms with Crippen LogP contribution < -0.4 is 11.5 Å². The third-order valence-corrected chi connectivity index (χ3v) is 5.52. The standard InChI is InChI=1S/C28H26N4O/c29-27(30)21-11-5-9-19(15-21)25-13-3-1-7-23(25)17-33-18-24-8-2-4-14-26(24)20-10-6-12-22(16-20)28(31)32/h1-16H,17-18H2,(H3,29,30)(H3,31,32). The van der Waals surface area contributed by atoms with E-state index in [1.54, 1.807) is 0 Å². The van der Waals surface area contributed by atoms with E-state index in [4.69, 9.17) is 27.0 Å². The van der Waals surface area contributed by atoms with Crippen LogP contribution in [0.2, 0.25) is 0 Å². The van der Waals surface area contributed by atoms with Crippen molar-refractivity contribution < 1.29 is 4.74 Å². The van der Waals surface area contributed by atoms with Crippen LogP contribution in [0.1, 0.15) is 22.3 Å². The Hall–Kier alpha value is -4.22. The molecule has 164 valence electrons. The molecule has 0 aliphatic rings. The molecule has 0 aliphatic heterocycles. The van der Waals surface area contributed by atoms with E-state index in [-0.39, 0.29) is 11.7 Å². The Balaban J connectivity index is 1.54. The van der Waals surface area contributed by atoms with Crippen LogP contribution in [0.15, 0.2) is 97.1 Å².